The van der Waals surface area contributed by atoms with Gasteiger partial charge in [0.25, 0.3) is 0 Å². The molecule has 2 N–H and O–H groups in total. The molecule has 0 aromatic heterocycles. The molecule has 96 valence electrons. The summed E-state index contributed by atoms with van der Waals surface area (Å²) in [5.74, 6) is 0.453. The fourth-order valence-corrected chi connectivity index (χ4v) is 3.34. The molecule has 0 aromatic carbocycles. The standard InChI is InChI=1S/C11H23NO3S/c1-9(8-13)16(14,15)12-10(2)11-6-4-3-5-7-11/h9-13H,3-8H2,1-2H3. The zero-order chi connectivity index (χ0) is 12.2. The smallest absolute Gasteiger partial charge is 0.216 e. The summed E-state index contributed by atoms with van der Waals surface area (Å²) in [6.07, 6.45) is 5.88. The van der Waals surface area contributed by atoms with Crippen molar-refractivity contribution in [3.8, 4) is 0 Å². The summed E-state index contributed by atoms with van der Waals surface area (Å²) >= 11 is 0. The molecule has 0 radical (unpaired) electrons. The van der Waals surface area contributed by atoms with E-state index < -0.39 is 15.3 Å². The van der Waals surface area contributed by atoms with Crippen LogP contribution in [0.5, 0.6) is 0 Å². The number of aliphatic hydroxyl groups is 1. The molecule has 0 aliphatic heterocycles. The maximum Gasteiger partial charge on any atom is 0.216 e. The van der Waals surface area contributed by atoms with Gasteiger partial charge in [0.05, 0.1) is 11.9 Å². The van der Waals surface area contributed by atoms with Gasteiger partial charge >= 0.3 is 0 Å². The largest absolute Gasteiger partial charge is 0.395 e. The molecule has 1 aliphatic rings. The number of hydrogen-bond acceptors (Lipinski definition) is 3. The van der Waals surface area contributed by atoms with E-state index in [1.165, 1.54) is 26.2 Å². The second-order valence-corrected chi connectivity index (χ2v) is 6.97. The molecule has 1 aliphatic carbocycles. The molecular weight excluding hydrogens is 226 g/mol. The molecule has 0 saturated heterocycles. The zero-order valence-electron chi connectivity index (χ0n) is 10.1. The number of aliphatic hydroxyl groups excluding tert-OH is 1. The van der Waals surface area contributed by atoms with Crippen molar-refractivity contribution in [2.75, 3.05) is 6.61 Å². The average molecular weight is 249 g/mol. The van der Waals surface area contributed by atoms with E-state index in [1.807, 2.05) is 6.92 Å². The van der Waals surface area contributed by atoms with Crippen molar-refractivity contribution in [1.82, 2.24) is 4.72 Å². The fraction of sp³-hybridized carbons (Fsp3) is 1.00. The maximum atomic E-state index is 11.7. The van der Waals surface area contributed by atoms with Gasteiger partial charge in [-0.05, 0) is 32.6 Å². The molecule has 1 saturated carbocycles. The minimum atomic E-state index is -3.36. The Morgan fingerprint density at radius 3 is 2.31 bits per heavy atom. The van der Waals surface area contributed by atoms with Crippen LogP contribution in [0, 0.1) is 5.92 Å². The third kappa shape index (κ3) is 3.71. The minimum Gasteiger partial charge on any atom is -0.395 e. The summed E-state index contributed by atoms with van der Waals surface area (Å²) in [7, 11) is -3.36. The van der Waals surface area contributed by atoms with Crippen molar-refractivity contribution >= 4 is 10.0 Å². The first-order chi connectivity index (χ1) is 7.47. The monoisotopic (exact) mass is 249 g/mol. The molecule has 1 rings (SSSR count). The Labute approximate surface area is 98.5 Å². The van der Waals surface area contributed by atoms with Crippen molar-refractivity contribution in [1.29, 1.82) is 0 Å². The normalized spacial score (nSPS) is 22.9. The van der Waals surface area contributed by atoms with Gasteiger partial charge in [0.1, 0.15) is 0 Å². The highest BCUT2D eigenvalue weighted by Crippen LogP contribution is 2.26. The van der Waals surface area contributed by atoms with Gasteiger partial charge in [0.2, 0.25) is 10.0 Å². The van der Waals surface area contributed by atoms with Crippen molar-refractivity contribution in [2.45, 2.75) is 57.2 Å². The average Bonchev–Trinajstić information content (AvgIpc) is 2.28. The Morgan fingerprint density at radius 2 is 1.81 bits per heavy atom. The van der Waals surface area contributed by atoms with Crippen LogP contribution < -0.4 is 4.72 Å². The van der Waals surface area contributed by atoms with Crippen LogP contribution in [0.4, 0.5) is 0 Å². The van der Waals surface area contributed by atoms with Gasteiger partial charge in [-0.2, -0.15) is 0 Å². The Balaban J connectivity index is 2.52. The lowest BCUT2D eigenvalue weighted by Gasteiger charge is -2.28. The summed E-state index contributed by atoms with van der Waals surface area (Å²) in [6.45, 7) is 3.13. The predicted molar refractivity (Wildman–Crippen MR) is 64.6 cm³/mol. The first-order valence-corrected chi connectivity index (χ1v) is 7.64. The van der Waals surface area contributed by atoms with E-state index in [-0.39, 0.29) is 12.6 Å². The van der Waals surface area contributed by atoms with Crippen LogP contribution in [0.1, 0.15) is 46.0 Å². The quantitative estimate of drug-likeness (QED) is 0.771. The molecule has 2 unspecified atom stereocenters. The molecule has 0 aromatic rings. The third-order valence-corrected chi connectivity index (χ3v) is 5.40. The summed E-state index contributed by atoms with van der Waals surface area (Å²) in [5, 5.41) is 8.15. The van der Waals surface area contributed by atoms with Crippen molar-refractivity contribution in [3.63, 3.8) is 0 Å². The highest BCUT2D eigenvalue weighted by molar-refractivity contribution is 7.90. The second kappa shape index (κ2) is 5.98. The zero-order valence-corrected chi connectivity index (χ0v) is 11.0. The van der Waals surface area contributed by atoms with Crippen molar-refractivity contribution in [2.24, 2.45) is 5.92 Å². The van der Waals surface area contributed by atoms with Crippen LogP contribution in [0.2, 0.25) is 0 Å². The molecule has 2 atom stereocenters. The van der Waals surface area contributed by atoms with E-state index in [0.717, 1.165) is 12.8 Å². The van der Waals surface area contributed by atoms with Crippen LogP contribution >= 0.6 is 0 Å². The van der Waals surface area contributed by atoms with Gasteiger partial charge in [0, 0.05) is 6.04 Å². The molecular formula is C11H23NO3S. The van der Waals surface area contributed by atoms with Crippen molar-refractivity contribution < 1.29 is 13.5 Å². The molecule has 0 amide bonds. The van der Waals surface area contributed by atoms with Gasteiger partial charge < -0.3 is 5.11 Å². The van der Waals surface area contributed by atoms with E-state index >= 15 is 0 Å². The molecule has 16 heavy (non-hydrogen) atoms. The molecule has 4 nitrogen and oxygen atoms in total. The Kier molecular flexibility index (Phi) is 5.21. The number of rotatable bonds is 5. The maximum absolute atomic E-state index is 11.7. The van der Waals surface area contributed by atoms with Crippen molar-refractivity contribution in [3.05, 3.63) is 0 Å². The Hall–Kier alpha value is -0.130. The molecule has 0 heterocycles. The number of sulfonamides is 1. The van der Waals surface area contributed by atoms with Gasteiger partial charge in [0.15, 0.2) is 0 Å². The summed E-state index contributed by atoms with van der Waals surface area (Å²) in [4.78, 5) is 0. The highest BCUT2D eigenvalue weighted by atomic mass is 32.2. The molecule has 0 bridgehead atoms. The number of hydrogen-bond donors (Lipinski definition) is 2. The fourth-order valence-electron chi connectivity index (χ4n) is 2.20. The highest BCUT2D eigenvalue weighted by Gasteiger charge is 2.27. The third-order valence-electron chi connectivity index (χ3n) is 3.49. The van der Waals surface area contributed by atoms with Crippen LogP contribution in [-0.2, 0) is 10.0 Å². The van der Waals surface area contributed by atoms with Crippen LogP contribution in [0.25, 0.3) is 0 Å². The topological polar surface area (TPSA) is 66.4 Å². The van der Waals surface area contributed by atoms with Crippen LogP contribution in [-0.4, -0.2) is 31.4 Å². The van der Waals surface area contributed by atoms with Gasteiger partial charge in [-0.25, -0.2) is 13.1 Å². The SMILES string of the molecule is CC(NS(=O)(=O)C(C)CO)C1CCCCC1. The minimum absolute atomic E-state index is 0.0145. The second-order valence-electron chi connectivity index (χ2n) is 4.84. The van der Waals surface area contributed by atoms with Gasteiger partial charge in [-0.3, -0.25) is 0 Å². The molecule has 0 spiro atoms. The first-order valence-electron chi connectivity index (χ1n) is 6.09. The lowest BCUT2D eigenvalue weighted by atomic mass is 9.85. The Morgan fingerprint density at radius 1 is 1.25 bits per heavy atom. The molecule has 1 fully saturated rings. The summed E-state index contributed by atoms with van der Waals surface area (Å²) in [6, 6.07) is -0.0145. The lowest BCUT2D eigenvalue weighted by molar-refractivity contribution is 0.287. The lowest BCUT2D eigenvalue weighted by Crippen LogP contribution is -2.43. The van der Waals surface area contributed by atoms with Crippen LogP contribution in [0.15, 0.2) is 0 Å². The Bertz CT molecular complexity index is 296. The summed E-state index contributed by atoms with van der Waals surface area (Å²) in [5.41, 5.74) is 0. The predicted octanol–water partition coefficient (Wildman–Crippen LogP) is 1.26. The van der Waals surface area contributed by atoms with Crippen LogP contribution in [0.3, 0.4) is 0 Å². The van der Waals surface area contributed by atoms with E-state index in [9.17, 15) is 8.42 Å². The first kappa shape index (κ1) is 13.9. The van der Waals surface area contributed by atoms with Gasteiger partial charge in [-0.15, -0.1) is 0 Å². The van der Waals surface area contributed by atoms with E-state index in [2.05, 4.69) is 4.72 Å². The molecule has 5 heteroatoms. The van der Waals surface area contributed by atoms with E-state index in [0.29, 0.717) is 5.92 Å². The van der Waals surface area contributed by atoms with Gasteiger partial charge in [-0.1, -0.05) is 19.3 Å². The summed E-state index contributed by atoms with van der Waals surface area (Å²) < 4.78 is 26.2. The number of nitrogens with one attached hydrogen (secondary N) is 1. The van der Waals surface area contributed by atoms with E-state index in [4.69, 9.17) is 5.11 Å². The van der Waals surface area contributed by atoms with E-state index in [1.54, 1.807) is 0 Å².